The van der Waals surface area contributed by atoms with Gasteiger partial charge in [0.15, 0.2) is 0 Å². The molecule has 18 heavy (non-hydrogen) atoms. The van der Waals surface area contributed by atoms with Gasteiger partial charge < -0.3 is 0 Å². The molecule has 0 atom stereocenters. The molecule has 0 saturated heterocycles. The minimum atomic E-state index is -0.826. The van der Waals surface area contributed by atoms with E-state index < -0.39 is 20.8 Å². The van der Waals surface area contributed by atoms with Crippen LogP contribution in [-0.2, 0) is 27.3 Å². The van der Waals surface area contributed by atoms with Crippen LogP contribution in [0.25, 0.3) is 10.8 Å². The van der Waals surface area contributed by atoms with Crippen LogP contribution in [0.2, 0.25) is 0 Å². The predicted octanol–water partition coefficient (Wildman–Crippen LogP) is 5.93. The van der Waals surface area contributed by atoms with E-state index in [2.05, 4.69) is 52.0 Å². The Morgan fingerprint density at radius 1 is 1.28 bits per heavy atom. The monoisotopic (exact) mass is 359 g/mol. The van der Waals surface area contributed by atoms with Crippen LogP contribution < -0.4 is 0 Å². The topological polar surface area (TPSA) is 0 Å². The number of aryl methyl sites for hydroxylation is 2. The maximum atomic E-state index is 4.93. The summed E-state index contributed by atoms with van der Waals surface area (Å²) in [6.07, 6.45) is 1.13. The minimum absolute atomic E-state index is 0.611. The maximum absolute atomic E-state index is 4.93. The van der Waals surface area contributed by atoms with Crippen LogP contribution >= 0.6 is 17.0 Å². The summed E-state index contributed by atoms with van der Waals surface area (Å²) < 4.78 is 0. The van der Waals surface area contributed by atoms with Crippen molar-refractivity contribution in [1.29, 1.82) is 0 Å². The molecule has 2 rings (SSSR count). The molecule has 0 aliphatic carbocycles. The Kier molecular flexibility index (Phi) is 7.06. The van der Waals surface area contributed by atoms with Gasteiger partial charge in [0.1, 0.15) is 0 Å². The number of hydrogen-bond acceptors (Lipinski definition) is 0. The van der Waals surface area contributed by atoms with E-state index in [0.717, 1.165) is 6.42 Å². The molecule has 0 fully saturated rings. The summed E-state index contributed by atoms with van der Waals surface area (Å²) in [7, 11) is 9.87. The third kappa shape index (κ3) is 3.89. The van der Waals surface area contributed by atoms with Gasteiger partial charge in [-0.25, -0.2) is 0 Å². The Bertz CT molecular complexity index is 500. The summed E-state index contributed by atoms with van der Waals surface area (Å²) in [4.78, 5) is 0. The van der Waals surface area contributed by atoms with Crippen molar-refractivity contribution in [3.05, 3.63) is 41.0 Å². The molecule has 0 N–H and O–H groups in total. The number of rotatable bonds is 2. The van der Waals surface area contributed by atoms with Crippen molar-refractivity contribution in [2.45, 2.75) is 40.0 Å². The van der Waals surface area contributed by atoms with Crippen molar-refractivity contribution in [3.63, 3.8) is 0 Å². The summed E-state index contributed by atoms with van der Waals surface area (Å²) in [5.74, 6) is 0.611. The van der Waals surface area contributed by atoms with Crippen molar-refractivity contribution in [3.8, 4) is 0 Å². The van der Waals surface area contributed by atoms with Gasteiger partial charge in [0.05, 0.1) is 0 Å². The zero-order valence-corrected chi connectivity index (χ0v) is 15.3. The molecule has 0 bridgehead atoms. The van der Waals surface area contributed by atoms with E-state index in [1.54, 1.807) is 0 Å². The van der Waals surface area contributed by atoms with Crippen molar-refractivity contribution in [1.82, 2.24) is 0 Å². The number of halogens is 2. The van der Waals surface area contributed by atoms with Gasteiger partial charge in [-0.05, 0) is 12.3 Å². The first kappa shape index (κ1) is 16.3. The van der Waals surface area contributed by atoms with Crippen LogP contribution in [-0.4, -0.2) is 0 Å². The standard InChI is InChI=1S/C15H19.2ClH.Zr/c1-5-12-8-14-11(4)6-7-13(10(2)3)15(14)9-12;;;/h6-10H,5H2,1-4H3;2*1H;/q-1;;;+2/p-2. The number of benzene rings is 1. The molecule has 0 aromatic heterocycles. The second-order valence-electron chi connectivity index (χ2n) is 4.74. The Hall–Kier alpha value is 0.293. The van der Waals surface area contributed by atoms with Gasteiger partial charge in [0, 0.05) is 0 Å². The molecular weight excluding hydrogens is 342 g/mol. The average molecular weight is 361 g/mol. The van der Waals surface area contributed by atoms with Crippen molar-refractivity contribution < 1.29 is 20.8 Å². The summed E-state index contributed by atoms with van der Waals surface area (Å²) in [6.45, 7) is 8.95. The summed E-state index contributed by atoms with van der Waals surface area (Å²) in [6, 6.07) is 9.23. The second kappa shape index (κ2) is 7.78. The van der Waals surface area contributed by atoms with Gasteiger partial charge in [-0.2, -0.15) is 6.07 Å². The normalized spacial score (nSPS) is 10.4. The fourth-order valence-electron chi connectivity index (χ4n) is 2.23. The van der Waals surface area contributed by atoms with Gasteiger partial charge >= 0.3 is 37.9 Å². The Balaban J connectivity index is 0.000000492. The van der Waals surface area contributed by atoms with Crippen molar-refractivity contribution in [2.75, 3.05) is 0 Å². The van der Waals surface area contributed by atoms with Crippen LogP contribution in [0, 0.1) is 6.92 Å². The van der Waals surface area contributed by atoms with Crippen LogP contribution in [0.1, 0.15) is 43.4 Å². The van der Waals surface area contributed by atoms with E-state index in [4.69, 9.17) is 17.0 Å². The molecule has 0 heterocycles. The van der Waals surface area contributed by atoms with E-state index in [9.17, 15) is 0 Å². The molecule has 98 valence electrons. The Morgan fingerprint density at radius 2 is 1.89 bits per heavy atom. The zero-order valence-electron chi connectivity index (χ0n) is 11.3. The SMILES string of the molecule is CCc1cc2c(C(C)C)ccc(C)c2[cH-]1.[Cl][Zr][Cl]. The molecule has 3 heteroatoms. The third-order valence-corrected chi connectivity index (χ3v) is 3.23. The first-order valence-electron chi connectivity index (χ1n) is 6.20. The van der Waals surface area contributed by atoms with Crippen molar-refractivity contribution in [2.24, 2.45) is 0 Å². The van der Waals surface area contributed by atoms with Crippen LogP contribution in [0.4, 0.5) is 0 Å². The van der Waals surface area contributed by atoms with Gasteiger partial charge in [-0.3, -0.25) is 0 Å². The first-order chi connectivity index (χ1) is 8.54. The summed E-state index contributed by atoms with van der Waals surface area (Å²) in [5, 5.41) is 2.90. The Morgan fingerprint density at radius 3 is 2.39 bits per heavy atom. The van der Waals surface area contributed by atoms with E-state index in [-0.39, 0.29) is 0 Å². The van der Waals surface area contributed by atoms with E-state index in [1.165, 1.54) is 27.5 Å². The van der Waals surface area contributed by atoms with Crippen LogP contribution in [0.15, 0.2) is 24.3 Å². The summed E-state index contributed by atoms with van der Waals surface area (Å²) in [5.41, 5.74) is 4.34. The third-order valence-electron chi connectivity index (χ3n) is 3.23. The molecule has 0 saturated carbocycles. The Labute approximate surface area is 129 Å². The molecular formula is C15H19Cl2Zr-. The molecule has 0 radical (unpaired) electrons. The molecule has 0 spiro atoms. The van der Waals surface area contributed by atoms with E-state index in [1.807, 2.05) is 0 Å². The predicted molar refractivity (Wildman–Crippen MR) is 79.5 cm³/mol. The molecule has 0 aliphatic rings. The quantitative estimate of drug-likeness (QED) is 0.582. The van der Waals surface area contributed by atoms with Gasteiger partial charge in [0.2, 0.25) is 0 Å². The van der Waals surface area contributed by atoms with Crippen LogP contribution in [0.3, 0.4) is 0 Å². The van der Waals surface area contributed by atoms with Gasteiger partial charge in [-0.1, -0.05) is 39.3 Å². The fraction of sp³-hybridized carbons (Fsp3) is 0.400. The second-order valence-corrected chi connectivity index (χ2v) is 8.47. The number of fused-ring (bicyclic) bond motifs is 1. The van der Waals surface area contributed by atoms with E-state index >= 15 is 0 Å². The van der Waals surface area contributed by atoms with Gasteiger partial charge in [-0.15, -0.1) is 34.0 Å². The van der Waals surface area contributed by atoms with E-state index in [0.29, 0.717) is 5.92 Å². The summed E-state index contributed by atoms with van der Waals surface area (Å²) >= 11 is -0.826. The molecule has 0 nitrogen and oxygen atoms in total. The molecule has 2 aromatic carbocycles. The molecule has 0 amide bonds. The van der Waals surface area contributed by atoms with Crippen LogP contribution in [0.5, 0.6) is 0 Å². The molecule has 0 unspecified atom stereocenters. The molecule has 2 aromatic rings. The zero-order chi connectivity index (χ0) is 13.7. The molecule has 0 aliphatic heterocycles. The van der Waals surface area contributed by atoms with Gasteiger partial charge in [0.25, 0.3) is 0 Å². The fourth-order valence-corrected chi connectivity index (χ4v) is 2.23. The number of hydrogen-bond donors (Lipinski definition) is 0. The first-order valence-corrected chi connectivity index (χ1v) is 12.5. The van der Waals surface area contributed by atoms with Crippen molar-refractivity contribution >= 4 is 27.8 Å². The average Bonchev–Trinajstić information content (AvgIpc) is 2.74.